The zero-order valence-corrected chi connectivity index (χ0v) is 9.84. The van der Waals surface area contributed by atoms with Crippen molar-refractivity contribution in [1.82, 2.24) is 0 Å². The lowest BCUT2D eigenvalue weighted by molar-refractivity contribution is 0.516. The molecular formula is C11H17NOS. The lowest BCUT2D eigenvalue weighted by atomic mass is 9.87. The quantitative estimate of drug-likeness (QED) is 0.249. The summed E-state index contributed by atoms with van der Waals surface area (Å²) in [5, 5.41) is 0. The molecule has 0 saturated carbocycles. The smallest absolute Gasteiger partial charge is 0.226 e. The van der Waals surface area contributed by atoms with Gasteiger partial charge in [0.1, 0.15) is 0 Å². The average Bonchev–Trinajstić information content (AvgIpc) is 2.10. The van der Waals surface area contributed by atoms with Crippen LogP contribution in [0.3, 0.4) is 0 Å². The lowest BCUT2D eigenvalue weighted by Crippen LogP contribution is -2.07. The van der Waals surface area contributed by atoms with E-state index in [9.17, 15) is 0 Å². The van der Waals surface area contributed by atoms with E-state index >= 15 is 0 Å². The van der Waals surface area contributed by atoms with Gasteiger partial charge in [0.25, 0.3) is 0 Å². The summed E-state index contributed by atoms with van der Waals surface area (Å²) in [6.45, 7) is 13.5. The van der Waals surface area contributed by atoms with Crippen LogP contribution in [-0.4, -0.2) is 5.90 Å². The molecule has 0 amide bonds. The Hall–Kier alpha value is -0.960. The highest BCUT2D eigenvalue weighted by molar-refractivity contribution is 7.75. The van der Waals surface area contributed by atoms with Gasteiger partial charge in [-0.3, -0.25) is 0 Å². The van der Waals surface area contributed by atoms with Gasteiger partial charge in [0.05, 0.1) is 0 Å². The van der Waals surface area contributed by atoms with Crippen LogP contribution in [0.4, 0.5) is 0 Å². The van der Waals surface area contributed by atoms with Crippen LogP contribution in [0, 0.1) is 5.41 Å². The van der Waals surface area contributed by atoms with E-state index in [1.165, 1.54) is 6.08 Å². The fourth-order valence-electron chi connectivity index (χ4n) is 0.799. The van der Waals surface area contributed by atoms with Crippen LogP contribution in [0.15, 0.2) is 42.1 Å². The molecule has 78 valence electrons. The Bertz CT molecular complexity index is 272. The fraction of sp³-hybridized carbons (Fsp3) is 0.364. The molecule has 0 bridgehead atoms. The molecular weight excluding hydrogens is 194 g/mol. The molecule has 0 aliphatic heterocycles. The van der Waals surface area contributed by atoms with Crippen LogP contribution < -0.4 is 0 Å². The first-order valence-corrected chi connectivity index (χ1v) is 4.67. The number of hydrogen-bond acceptors (Lipinski definition) is 3. The zero-order valence-electron chi connectivity index (χ0n) is 8.95. The predicted molar refractivity (Wildman–Crippen MR) is 65.4 cm³/mol. The third kappa shape index (κ3) is 4.33. The van der Waals surface area contributed by atoms with E-state index in [-0.39, 0.29) is 5.41 Å². The van der Waals surface area contributed by atoms with E-state index in [0.717, 1.165) is 5.57 Å². The maximum Gasteiger partial charge on any atom is 0.226 e. The number of aliphatic imine (C=N–C) groups is 1. The molecule has 0 aromatic rings. The van der Waals surface area contributed by atoms with Gasteiger partial charge < -0.3 is 4.18 Å². The highest BCUT2D eigenvalue weighted by atomic mass is 32.1. The van der Waals surface area contributed by atoms with E-state index in [1.54, 1.807) is 12.3 Å². The van der Waals surface area contributed by atoms with Crippen molar-refractivity contribution in [3.63, 3.8) is 0 Å². The van der Waals surface area contributed by atoms with Gasteiger partial charge in [-0.1, -0.05) is 40.0 Å². The van der Waals surface area contributed by atoms with Crippen molar-refractivity contribution in [2.24, 2.45) is 10.4 Å². The molecule has 0 saturated heterocycles. The van der Waals surface area contributed by atoms with Crippen molar-refractivity contribution < 1.29 is 4.18 Å². The summed E-state index contributed by atoms with van der Waals surface area (Å²) in [4.78, 5) is 4.07. The summed E-state index contributed by atoms with van der Waals surface area (Å²) < 4.78 is 4.65. The molecule has 0 unspecified atom stereocenters. The molecule has 0 heterocycles. The molecule has 2 nitrogen and oxygen atoms in total. The second-order valence-electron chi connectivity index (χ2n) is 3.80. The second kappa shape index (κ2) is 5.70. The summed E-state index contributed by atoms with van der Waals surface area (Å²) in [6, 6.07) is 0. The van der Waals surface area contributed by atoms with Crippen LogP contribution in [0.5, 0.6) is 0 Å². The summed E-state index contributed by atoms with van der Waals surface area (Å²) in [5.41, 5.74) is 1.05. The van der Waals surface area contributed by atoms with Gasteiger partial charge in [-0.25, -0.2) is 4.99 Å². The van der Waals surface area contributed by atoms with Crippen LogP contribution >= 0.6 is 12.9 Å². The fourth-order valence-corrected chi connectivity index (χ4v) is 0.921. The number of rotatable bonds is 3. The normalized spacial score (nSPS) is 13.7. The predicted octanol–water partition coefficient (Wildman–Crippen LogP) is 3.55. The third-order valence-electron chi connectivity index (χ3n) is 1.68. The summed E-state index contributed by atoms with van der Waals surface area (Å²) >= 11 is 3.64. The largest absolute Gasteiger partial charge is 0.409 e. The van der Waals surface area contributed by atoms with E-state index in [2.05, 4.69) is 56.0 Å². The Labute approximate surface area is 91.7 Å². The SMILES string of the molecule is C=CC(=N/C=C(\C=C)C(C)(C)C)OS. The number of allylic oxidation sites excluding steroid dienone is 2. The van der Waals surface area contributed by atoms with Crippen molar-refractivity contribution in [1.29, 1.82) is 0 Å². The number of nitrogens with zero attached hydrogens (tertiary/aromatic N) is 1. The Morgan fingerprint density at radius 2 is 1.86 bits per heavy atom. The lowest BCUT2D eigenvalue weighted by Gasteiger charge is -2.18. The van der Waals surface area contributed by atoms with Crippen molar-refractivity contribution in [2.75, 3.05) is 0 Å². The minimum absolute atomic E-state index is 0.0220. The number of thiol groups is 1. The van der Waals surface area contributed by atoms with Crippen LogP contribution in [0.25, 0.3) is 0 Å². The molecule has 0 aromatic carbocycles. The van der Waals surface area contributed by atoms with Crippen molar-refractivity contribution >= 4 is 18.8 Å². The van der Waals surface area contributed by atoms with E-state index in [1.807, 2.05) is 0 Å². The van der Waals surface area contributed by atoms with E-state index in [0.29, 0.717) is 5.90 Å². The van der Waals surface area contributed by atoms with Gasteiger partial charge >= 0.3 is 0 Å². The summed E-state index contributed by atoms with van der Waals surface area (Å²) in [5.74, 6) is 0.372. The molecule has 0 rings (SSSR count). The molecule has 0 atom stereocenters. The van der Waals surface area contributed by atoms with E-state index < -0.39 is 0 Å². The summed E-state index contributed by atoms with van der Waals surface area (Å²) in [7, 11) is 0. The van der Waals surface area contributed by atoms with Crippen LogP contribution in [-0.2, 0) is 4.18 Å². The molecule has 0 aliphatic carbocycles. The minimum atomic E-state index is 0.0220. The molecule has 14 heavy (non-hydrogen) atoms. The maximum absolute atomic E-state index is 4.65. The van der Waals surface area contributed by atoms with Gasteiger partial charge in [-0.15, -0.1) is 0 Å². The van der Waals surface area contributed by atoms with Gasteiger partial charge in [0.2, 0.25) is 5.90 Å². The van der Waals surface area contributed by atoms with Crippen molar-refractivity contribution in [3.05, 3.63) is 37.1 Å². The molecule has 0 radical (unpaired) electrons. The Balaban J connectivity index is 4.87. The van der Waals surface area contributed by atoms with Gasteiger partial charge in [0.15, 0.2) is 0 Å². The third-order valence-corrected chi connectivity index (χ3v) is 1.87. The first-order chi connectivity index (χ1) is 6.45. The molecule has 0 fully saturated rings. The molecule has 0 N–H and O–H groups in total. The maximum atomic E-state index is 4.65. The standard InChI is InChI=1S/C11H17NOS/c1-6-9(11(3,4)5)8-12-10(7-2)13-14/h6-8,14H,1-2H2,3-5H3/b9-8+,12-10?. The van der Waals surface area contributed by atoms with Crippen molar-refractivity contribution in [2.45, 2.75) is 20.8 Å². The molecule has 0 aromatic heterocycles. The Kier molecular flexibility index (Phi) is 5.31. The van der Waals surface area contributed by atoms with Gasteiger partial charge in [-0.05, 0) is 17.1 Å². The highest BCUT2D eigenvalue weighted by Gasteiger charge is 2.13. The summed E-state index contributed by atoms with van der Waals surface area (Å²) in [6.07, 6.45) is 4.98. The van der Waals surface area contributed by atoms with Gasteiger partial charge in [-0.2, -0.15) is 0 Å². The zero-order chi connectivity index (χ0) is 11.2. The second-order valence-corrected chi connectivity index (χ2v) is 3.98. The highest BCUT2D eigenvalue weighted by Crippen LogP contribution is 2.25. The monoisotopic (exact) mass is 211 g/mol. The van der Waals surface area contributed by atoms with Gasteiger partial charge in [0, 0.05) is 19.1 Å². The first-order valence-electron chi connectivity index (χ1n) is 4.30. The topological polar surface area (TPSA) is 21.6 Å². The molecule has 3 heteroatoms. The van der Waals surface area contributed by atoms with E-state index in [4.69, 9.17) is 0 Å². The van der Waals surface area contributed by atoms with Crippen LogP contribution in [0.1, 0.15) is 20.8 Å². The Morgan fingerprint density at radius 3 is 2.14 bits per heavy atom. The first kappa shape index (κ1) is 13.0. The minimum Gasteiger partial charge on any atom is -0.409 e. The molecule has 0 aliphatic rings. The molecule has 0 spiro atoms. The van der Waals surface area contributed by atoms with Crippen molar-refractivity contribution in [3.8, 4) is 0 Å². The number of hydrogen-bond donors (Lipinski definition) is 1. The average molecular weight is 211 g/mol. The van der Waals surface area contributed by atoms with Crippen LogP contribution in [0.2, 0.25) is 0 Å². The Morgan fingerprint density at radius 1 is 1.29 bits per heavy atom.